The highest BCUT2D eigenvalue weighted by Gasteiger charge is 2.27. The molecular weight excluding hydrogens is 214 g/mol. The fraction of sp³-hybridized carbons (Fsp3) is 0.692. The molecule has 1 aliphatic rings. The van der Waals surface area contributed by atoms with Crippen LogP contribution in [0.1, 0.15) is 57.2 Å². The highest BCUT2D eigenvalue weighted by Crippen LogP contribution is 2.38. The van der Waals surface area contributed by atoms with Crippen molar-refractivity contribution in [2.75, 3.05) is 12.3 Å². The number of nitrogens with zero attached hydrogens (tertiary/aromatic N) is 2. The standard InChI is InChI=1S/C13H21N3O/c1-2-3-4-5-8-17-12-9-11(14)15-13(16-12)10-6-7-10/h9-10H,2-8H2,1H3,(H2,14,15,16). The summed E-state index contributed by atoms with van der Waals surface area (Å²) >= 11 is 0. The van der Waals surface area contributed by atoms with Crippen LogP contribution < -0.4 is 10.5 Å². The van der Waals surface area contributed by atoms with Crippen LogP contribution in [0.25, 0.3) is 0 Å². The molecule has 1 heterocycles. The van der Waals surface area contributed by atoms with Crippen LogP contribution in [-0.4, -0.2) is 16.6 Å². The summed E-state index contributed by atoms with van der Waals surface area (Å²) in [5.41, 5.74) is 5.75. The number of rotatable bonds is 7. The predicted molar refractivity (Wildman–Crippen MR) is 68.1 cm³/mol. The average Bonchev–Trinajstić information content (AvgIpc) is 3.12. The van der Waals surface area contributed by atoms with Gasteiger partial charge in [-0.05, 0) is 19.3 Å². The Morgan fingerprint density at radius 3 is 2.82 bits per heavy atom. The Hall–Kier alpha value is -1.32. The molecule has 0 unspecified atom stereocenters. The number of aromatic nitrogens is 2. The fourth-order valence-corrected chi connectivity index (χ4v) is 1.76. The Labute approximate surface area is 103 Å². The van der Waals surface area contributed by atoms with Gasteiger partial charge in [-0.1, -0.05) is 26.2 Å². The van der Waals surface area contributed by atoms with Crippen molar-refractivity contribution in [3.05, 3.63) is 11.9 Å². The maximum Gasteiger partial charge on any atom is 0.218 e. The molecule has 1 saturated carbocycles. The summed E-state index contributed by atoms with van der Waals surface area (Å²) in [5, 5.41) is 0. The van der Waals surface area contributed by atoms with Crippen molar-refractivity contribution in [3.8, 4) is 5.88 Å². The SMILES string of the molecule is CCCCCCOc1cc(N)nc(C2CC2)n1. The zero-order valence-electron chi connectivity index (χ0n) is 10.5. The summed E-state index contributed by atoms with van der Waals surface area (Å²) in [6.45, 7) is 2.93. The summed E-state index contributed by atoms with van der Waals surface area (Å²) in [7, 11) is 0. The Kier molecular flexibility index (Phi) is 4.18. The van der Waals surface area contributed by atoms with Crippen molar-refractivity contribution in [3.63, 3.8) is 0 Å². The van der Waals surface area contributed by atoms with E-state index in [1.165, 1.54) is 32.1 Å². The third kappa shape index (κ3) is 3.88. The Bertz CT molecular complexity index is 364. The first-order valence-corrected chi connectivity index (χ1v) is 6.57. The lowest BCUT2D eigenvalue weighted by molar-refractivity contribution is 0.292. The number of hydrogen-bond acceptors (Lipinski definition) is 4. The number of unbranched alkanes of at least 4 members (excludes halogenated alkanes) is 3. The normalized spacial score (nSPS) is 14.9. The molecule has 17 heavy (non-hydrogen) atoms. The van der Waals surface area contributed by atoms with Crippen molar-refractivity contribution in [1.82, 2.24) is 9.97 Å². The van der Waals surface area contributed by atoms with E-state index in [0.29, 0.717) is 17.6 Å². The average molecular weight is 235 g/mol. The molecule has 2 rings (SSSR count). The van der Waals surface area contributed by atoms with Crippen LogP contribution in [0.4, 0.5) is 5.82 Å². The minimum atomic E-state index is 0.515. The zero-order chi connectivity index (χ0) is 12.1. The summed E-state index contributed by atoms with van der Waals surface area (Å²) in [6.07, 6.45) is 7.16. The topological polar surface area (TPSA) is 61.0 Å². The lowest BCUT2D eigenvalue weighted by Gasteiger charge is -2.07. The van der Waals surface area contributed by atoms with Gasteiger partial charge < -0.3 is 10.5 Å². The molecule has 1 aliphatic carbocycles. The number of anilines is 1. The molecule has 0 radical (unpaired) electrons. The monoisotopic (exact) mass is 235 g/mol. The number of nitrogens with two attached hydrogens (primary N) is 1. The molecule has 0 atom stereocenters. The minimum absolute atomic E-state index is 0.515. The van der Waals surface area contributed by atoms with Gasteiger partial charge in [0.25, 0.3) is 0 Å². The molecule has 1 fully saturated rings. The van der Waals surface area contributed by atoms with E-state index in [4.69, 9.17) is 10.5 Å². The second-order valence-electron chi connectivity index (χ2n) is 4.67. The molecular formula is C13H21N3O. The predicted octanol–water partition coefficient (Wildman–Crippen LogP) is 2.90. The van der Waals surface area contributed by atoms with Crippen LogP contribution >= 0.6 is 0 Å². The van der Waals surface area contributed by atoms with E-state index >= 15 is 0 Å². The second-order valence-corrected chi connectivity index (χ2v) is 4.67. The van der Waals surface area contributed by atoms with Gasteiger partial charge in [-0.15, -0.1) is 0 Å². The number of nitrogen functional groups attached to an aromatic ring is 1. The van der Waals surface area contributed by atoms with Gasteiger partial charge in [0, 0.05) is 12.0 Å². The highest BCUT2D eigenvalue weighted by atomic mass is 16.5. The van der Waals surface area contributed by atoms with Gasteiger partial charge >= 0.3 is 0 Å². The van der Waals surface area contributed by atoms with E-state index in [2.05, 4.69) is 16.9 Å². The lowest BCUT2D eigenvalue weighted by atomic mass is 10.2. The molecule has 0 saturated heterocycles. The van der Waals surface area contributed by atoms with Crippen LogP contribution in [0, 0.1) is 0 Å². The molecule has 2 N–H and O–H groups in total. The molecule has 1 aromatic heterocycles. The van der Waals surface area contributed by atoms with Crippen LogP contribution in [0.5, 0.6) is 5.88 Å². The van der Waals surface area contributed by atoms with Crippen LogP contribution in [0.2, 0.25) is 0 Å². The maximum atomic E-state index is 5.75. The molecule has 4 heteroatoms. The summed E-state index contributed by atoms with van der Waals surface area (Å²) < 4.78 is 5.62. The molecule has 0 spiro atoms. The lowest BCUT2D eigenvalue weighted by Crippen LogP contribution is -2.04. The van der Waals surface area contributed by atoms with Crippen molar-refractivity contribution in [1.29, 1.82) is 0 Å². The van der Waals surface area contributed by atoms with Crippen molar-refractivity contribution < 1.29 is 4.74 Å². The Balaban J connectivity index is 1.82. The third-order valence-electron chi connectivity index (χ3n) is 2.93. The van der Waals surface area contributed by atoms with Crippen molar-refractivity contribution in [2.45, 2.75) is 51.4 Å². The van der Waals surface area contributed by atoms with E-state index in [1.54, 1.807) is 6.07 Å². The smallest absolute Gasteiger partial charge is 0.218 e. The summed E-state index contributed by atoms with van der Waals surface area (Å²) in [6, 6.07) is 1.71. The second kappa shape index (κ2) is 5.84. The van der Waals surface area contributed by atoms with Crippen molar-refractivity contribution >= 4 is 5.82 Å². The Morgan fingerprint density at radius 1 is 1.29 bits per heavy atom. The van der Waals surface area contributed by atoms with E-state index < -0.39 is 0 Å². The quantitative estimate of drug-likeness (QED) is 0.738. The first kappa shape index (κ1) is 12.1. The maximum absolute atomic E-state index is 5.75. The zero-order valence-corrected chi connectivity index (χ0v) is 10.5. The van der Waals surface area contributed by atoms with Crippen LogP contribution in [0.15, 0.2) is 6.07 Å². The van der Waals surface area contributed by atoms with E-state index in [-0.39, 0.29) is 0 Å². The molecule has 0 amide bonds. The van der Waals surface area contributed by atoms with Gasteiger partial charge in [-0.2, -0.15) is 4.98 Å². The van der Waals surface area contributed by atoms with E-state index in [1.807, 2.05) is 0 Å². The van der Waals surface area contributed by atoms with E-state index in [9.17, 15) is 0 Å². The van der Waals surface area contributed by atoms with E-state index in [0.717, 1.165) is 18.9 Å². The van der Waals surface area contributed by atoms with Gasteiger partial charge in [-0.25, -0.2) is 4.98 Å². The number of hydrogen-bond donors (Lipinski definition) is 1. The third-order valence-corrected chi connectivity index (χ3v) is 2.93. The molecule has 4 nitrogen and oxygen atoms in total. The van der Waals surface area contributed by atoms with Gasteiger partial charge in [0.05, 0.1) is 6.61 Å². The molecule has 0 bridgehead atoms. The number of ether oxygens (including phenoxy) is 1. The minimum Gasteiger partial charge on any atom is -0.478 e. The molecule has 94 valence electrons. The first-order chi connectivity index (χ1) is 8.29. The van der Waals surface area contributed by atoms with Crippen LogP contribution in [-0.2, 0) is 0 Å². The molecule has 1 aromatic rings. The molecule has 0 aliphatic heterocycles. The van der Waals surface area contributed by atoms with Crippen molar-refractivity contribution in [2.24, 2.45) is 0 Å². The first-order valence-electron chi connectivity index (χ1n) is 6.57. The molecule has 0 aromatic carbocycles. The van der Waals surface area contributed by atoms with Crippen LogP contribution in [0.3, 0.4) is 0 Å². The Morgan fingerprint density at radius 2 is 2.12 bits per heavy atom. The van der Waals surface area contributed by atoms with Gasteiger partial charge in [-0.3, -0.25) is 0 Å². The van der Waals surface area contributed by atoms with Gasteiger partial charge in [0.15, 0.2) is 0 Å². The van der Waals surface area contributed by atoms with Gasteiger partial charge in [0.1, 0.15) is 11.6 Å². The summed E-state index contributed by atoms with van der Waals surface area (Å²) in [4.78, 5) is 8.64. The fourth-order valence-electron chi connectivity index (χ4n) is 1.76. The van der Waals surface area contributed by atoms with Gasteiger partial charge in [0.2, 0.25) is 5.88 Å². The summed E-state index contributed by atoms with van der Waals surface area (Å²) in [5.74, 6) is 2.52. The largest absolute Gasteiger partial charge is 0.478 e. The highest BCUT2D eigenvalue weighted by molar-refractivity contribution is 5.34.